The summed E-state index contributed by atoms with van der Waals surface area (Å²) in [5, 5.41) is 4.40. The van der Waals surface area contributed by atoms with Crippen LogP contribution in [0.3, 0.4) is 0 Å². The smallest absolute Gasteiger partial charge is 0.0553 e. The molecular formula is C17H22N2S. The first-order valence-electron chi connectivity index (χ1n) is 7.43. The van der Waals surface area contributed by atoms with Crippen LogP contribution in [-0.2, 0) is 13.6 Å². The number of hydrogen-bond acceptors (Lipinski definition) is 2. The zero-order valence-electron chi connectivity index (χ0n) is 12.0. The van der Waals surface area contributed by atoms with Crippen molar-refractivity contribution in [2.24, 2.45) is 7.05 Å². The maximum Gasteiger partial charge on any atom is 0.0553 e. The fraction of sp³-hybridized carbons (Fsp3) is 0.412. The van der Waals surface area contributed by atoms with Crippen LogP contribution in [0.1, 0.15) is 31.4 Å². The van der Waals surface area contributed by atoms with E-state index in [-0.39, 0.29) is 0 Å². The Balaban J connectivity index is 1.67. The lowest BCUT2D eigenvalue weighted by atomic mass is 10.3. The predicted molar refractivity (Wildman–Crippen MR) is 87.3 cm³/mol. The van der Waals surface area contributed by atoms with Crippen molar-refractivity contribution >= 4 is 17.4 Å². The summed E-state index contributed by atoms with van der Waals surface area (Å²) < 4.78 is 2.17. The summed E-state index contributed by atoms with van der Waals surface area (Å²) in [6, 6.07) is 13.0. The summed E-state index contributed by atoms with van der Waals surface area (Å²) in [5.41, 5.74) is 2.58. The van der Waals surface area contributed by atoms with Gasteiger partial charge in [-0.05, 0) is 37.1 Å². The van der Waals surface area contributed by atoms with Gasteiger partial charge in [0.2, 0.25) is 0 Å². The van der Waals surface area contributed by atoms with Gasteiger partial charge in [-0.3, -0.25) is 0 Å². The van der Waals surface area contributed by atoms with Crippen molar-refractivity contribution in [2.45, 2.75) is 42.4 Å². The molecule has 20 heavy (non-hydrogen) atoms. The van der Waals surface area contributed by atoms with Gasteiger partial charge < -0.3 is 9.88 Å². The number of thioether (sulfide) groups is 1. The zero-order valence-corrected chi connectivity index (χ0v) is 12.8. The van der Waals surface area contributed by atoms with E-state index in [1.807, 2.05) is 11.8 Å². The van der Waals surface area contributed by atoms with Crippen molar-refractivity contribution in [3.8, 4) is 0 Å². The van der Waals surface area contributed by atoms with Crippen molar-refractivity contribution in [3.63, 3.8) is 0 Å². The molecule has 1 aliphatic rings. The molecule has 1 aromatic heterocycles. The maximum atomic E-state index is 3.59. The van der Waals surface area contributed by atoms with E-state index in [4.69, 9.17) is 0 Å². The van der Waals surface area contributed by atoms with E-state index in [0.29, 0.717) is 0 Å². The summed E-state index contributed by atoms with van der Waals surface area (Å²) in [7, 11) is 2.09. The number of aryl methyl sites for hydroxylation is 1. The van der Waals surface area contributed by atoms with Crippen molar-refractivity contribution in [2.75, 3.05) is 5.32 Å². The first kappa shape index (κ1) is 13.6. The highest BCUT2D eigenvalue weighted by Gasteiger charge is 2.17. The molecule has 0 amide bonds. The van der Waals surface area contributed by atoms with Crippen LogP contribution in [0.2, 0.25) is 0 Å². The van der Waals surface area contributed by atoms with Gasteiger partial charge in [-0.25, -0.2) is 0 Å². The minimum absolute atomic E-state index is 0.813. The number of nitrogens with zero attached hydrogens (tertiary/aromatic N) is 1. The van der Waals surface area contributed by atoms with E-state index in [0.717, 1.165) is 11.8 Å². The van der Waals surface area contributed by atoms with Crippen LogP contribution in [0, 0.1) is 0 Å². The average molecular weight is 286 g/mol. The highest BCUT2D eigenvalue weighted by atomic mass is 32.2. The standard InChI is InChI=1S/C17H22N2S/c1-19-12-6-7-14(19)13-18-16-10-4-5-11-17(16)20-15-8-2-3-9-15/h4-7,10-12,15,18H,2-3,8-9,13H2,1H3. The molecular weight excluding hydrogens is 264 g/mol. The van der Waals surface area contributed by atoms with Crippen LogP contribution < -0.4 is 5.32 Å². The number of hydrogen-bond donors (Lipinski definition) is 1. The lowest BCUT2D eigenvalue weighted by molar-refractivity contribution is 0.841. The molecule has 3 heteroatoms. The summed E-state index contributed by atoms with van der Waals surface area (Å²) in [6.45, 7) is 0.881. The Morgan fingerprint density at radius 2 is 1.95 bits per heavy atom. The lowest BCUT2D eigenvalue weighted by Crippen LogP contribution is -2.05. The normalized spacial score (nSPS) is 15.7. The molecule has 2 nitrogen and oxygen atoms in total. The molecule has 1 fully saturated rings. The average Bonchev–Trinajstić information content (AvgIpc) is 3.10. The van der Waals surface area contributed by atoms with E-state index in [1.54, 1.807) is 0 Å². The molecule has 2 aromatic rings. The number of anilines is 1. The van der Waals surface area contributed by atoms with Gasteiger partial charge in [0.05, 0.1) is 6.54 Å². The summed E-state index contributed by atoms with van der Waals surface area (Å²) >= 11 is 2.05. The Bertz CT molecular complexity index is 556. The molecule has 1 aromatic carbocycles. The van der Waals surface area contributed by atoms with E-state index in [9.17, 15) is 0 Å². The van der Waals surface area contributed by atoms with Gasteiger partial charge in [0.25, 0.3) is 0 Å². The van der Waals surface area contributed by atoms with Crippen LogP contribution >= 0.6 is 11.8 Å². The Hall–Kier alpha value is -1.35. The van der Waals surface area contributed by atoms with Gasteiger partial charge in [-0.1, -0.05) is 25.0 Å². The van der Waals surface area contributed by atoms with Gasteiger partial charge >= 0.3 is 0 Å². The molecule has 1 heterocycles. The minimum Gasteiger partial charge on any atom is -0.379 e. The molecule has 0 spiro atoms. The first-order valence-corrected chi connectivity index (χ1v) is 8.30. The molecule has 1 saturated carbocycles. The number of benzene rings is 1. The zero-order chi connectivity index (χ0) is 13.8. The van der Waals surface area contributed by atoms with Crippen LogP contribution in [0.25, 0.3) is 0 Å². The van der Waals surface area contributed by atoms with E-state index in [2.05, 4.69) is 59.5 Å². The van der Waals surface area contributed by atoms with Crippen LogP contribution in [-0.4, -0.2) is 9.82 Å². The van der Waals surface area contributed by atoms with Crippen molar-refractivity contribution in [1.82, 2.24) is 4.57 Å². The fourth-order valence-corrected chi connectivity index (χ4v) is 4.12. The summed E-state index contributed by atoms with van der Waals surface area (Å²) in [4.78, 5) is 1.40. The Morgan fingerprint density at radius 3 is 2.70 bits per heavy atom. The predicted octanol–water partition coefficient (Wildman–Crippen LogP) is 4.67. The molecule has 1 aliphatic carbocycles. The van der Waals surface area contributed by atoms with E-state index < -0.39 is 0 Å². The van der Waals surface area contributed by atoms with Gasteiger partial charge in [0.1, 0.15) is 0 Å². The van der Waals surface area contributed by atoms with Gasteiger partial charge in [0, 0.05) is 34.8 Å². The molecule has 0 unspecified atom stereocenters. The van der Waals surface area contributed by atoms with Gasteiger partial charge in [-0.15, -0.1) is 11.8 Å². The van der Waals surface area contributed by atoms with Crippen molar-refractivity contribution < 1.29 is 0 Å². The third kappa shape index (κ3) is 3.21. The number of nitrogens with one attached hydrogen (secondary N) is 1. The molecule has 1 N–H and O–H groups in total. The number of para-hydroxylation sites is 1. The fourth-order valence-electron chi connectivity index (χ4n) is 2.77. The van der Waals surface area contributed by atoms with Crippen LogP contribution in [0.5, 0.6) is 0 Å². The topological polar surface area (TPSA) is 17.0 Å². The summed E-state index contributed by atoms with van der Waals surface area (Å²) in [6.07, 6.45) is 7.64. The first-order chi connectivity index (χ1) is 9.83. The largest absolute Gasteiger partial charge is 0.379 e. The molecule has 106 valence electrons. The monoisotopic (exact) mass is 286 g/mol. The highest BCUT2D eigenvalue weighted by Crippen LogP contribution is 2.38. The third-order valence-electron chi connectivity index (χ3n) is 3.99. The second-order valence-electron chi connectivity index (χ2n) is 5.48. The Morgan fingerprint density at radius 1 is 1.15 bits per heavy atom. The van der Waals surface area contributed by atoms with Gasteiger partial charge in [0.15, 0.2) is 0 Å². The molecule has 0 radical (unpaired) electrons. The Kier molecular flexibility index (Phi) is 4.36. The molecule has 0 atom stereocenters. The van der Waals surface area contributed by atoms with Crippen LogP contribution in [0.4, 0.5) is 5.69 Å². The second kappa shape index (κ2) is 6.40. The van der Waals surface area contributed by atoms with Gasteiger partial charge in [-0.2, -0.15) is 0 Å². The second-order valence-corrected chi connectivity index (χ2v) is 6.83. The molecule has 0 saturated heterocycles. The number of rotatable bonds is 5. The SMILES string of the molecule is Cn1cccc1CNc1ccccc1SC1CCCC1. The van der Waals surface area contributed by atoms with E-state index >= 15 is 0 Å². The quantitative estimate of drug-likeness (QED) is 0.860. The van der Waals surface area contributed by atoms with Crippen molar-refractivity contribution in [1.29, 1.82) is 0 Å². The highest BCUT2D eigenvalue weighted by molar-refractivity contribution is 8.00. The van der Waals surface area contributed by atoms with Crippen LogP contribution in [0.15, 0.2) is 47.5 Å². The van der Waals surface area contributed by atoms with Crippen molar-refractivity contribution in [3.05, 3.63) is 48.3 Å². The maximum absolute atomic E-state index is 3.59. The summed E-state index contributed by atoms with van der Waals surface area (Å²) in [5.74, 6) is 0. The molecule has 0 bridgehead atoms. The lowest BCUT2D eigenvalue weighted by Gasteiger charge is -2.15. The Labute approximate surface area is 125 Å². The molecule has 3 rings (SSSR count). The third-order valence-corrected chi connectivity index (χ3v) is 5.41. The molecule has 0 aliphatic heterocycles. The number of aromatic nitrogens is 1. The van der Waals surface area contributed by atoms with E-state index in [1.165, 1.54) is 42.0 Å². The minimum atomic E-state index is 0.813.